The molecule has 0 bridgehead atoms. The zero-order valence-corrected chi connectivity index (χ0v) is 15.2. The zero-order valence-electron chi connectivity index (χ0n) is 14.4. The molecule has 0 radical (unpaired) electrons. The van der Waals surface area contributed by atoms with Gasteiger partial charge in [-0.1, -0.05) is 6.07 Å². The van der Waals surface area contributed by atoms with Crippen molar-refractivity contribution < 1.29 is 8.95 Å². The molecule has 3 N–H and O–H groups in total. The van der Waals surface area contributed by atoms with E-state index < -0.39 is 11.0 Å². The molecule has 2 atom stereocenters. The number of rotatable bonds is 4. The third-order valence-electron chi connectivity index (χ3n) is 5.85. The van der Waals surface area contributed by atoms with Crippen LogP contribution in [0.15, 0.2) is 18.2 Å². The second-order valence-electron chi connectivity index (χ2n) is 7.67. The molecule has 1 fully saturated rings. The Labute approximate surface area is 141 Å². The summed E-state index contributed by atoms with van der Waals surface area (Å²) in [7, 11) is 0.389. The number of ether oxygens (including phenoxy) is 1. The Morgan fingerprint density at radius 1 is 1.39 bits per heavy atom. The van der Waals surface area contributed by atoms with Gasteiger partial charge in [0, 0.05) is 0 Å². The number of methoxy groups -OCH3 is 1. The van der Waals surface area contributed by atoms with Crippen LogP contribution in [0.4, 0.5) is 0 Å². The first-order valence-electron chi connectivity index (χ1n) is 8.42. The van der Waals surface area contributed by atoms with E-state index in [4.69, 9.17) is 9.88 Å². The van der Waals surface area contributed by atoms with Crippen molar-refractivity contribution in [3.8, 4) is 5.75 Å². The molecule has 1 aromatic rings. The van der Waals surface area contributed by atoms with Gasteiger partial charge in [0.1, 0.15) is 5.75 Å². The monoisotopic (exact) mass is 336 g/mol. The summed E-state index contributed by atoms with van der Waals surface area (Å²) in [6.07, 6.45) is 4.31. The van der Waals surface area contributed by atoms with Gasteiger partial charge in [-0.15, -0.1) is 0 Å². The third-order valence-corrected chi connectivity index (χ3v) is 7.11. The summed E-state index contributed by atoms with van der Waals surface area (Å²) in [5, 5.41) is 9.26. The molecule has 1 heterocycles. The van der Waals surface area contributed by atoms with Crippen molar-refractivity contribution in [2.45, 2.75) is 50.2 Å². The summed E-state index contributed by atoms with van der Waals surface area (Å²) >= 11 is 0. The smallest absolute Gasteiger partial charge is 0.119 e. The van der Waals surface area contributed by atoms with Gasteiger partial charge >= 0.3 is 0 Å². The fourth-order valence-electron chi connectivity index (χ4n) is 4.37. The minimum atomic E-state index is -1.32. The number of piperidine rings is 1. The van der Waals surface area contributed by atoms with Gasteiger partial charge in [0.2, 0.25) is 0 Å². The van der Waals surface area contributed by atoms with E-state index in [0.29, 0.717) is 5.92 Å². The summed E-state index contributed by atoms with van der Waals surface area (Å²) in [6.45, 7) is 6.17. The number of nitrogens with two attached hydrogens (primary N) is 1. The van der Waals surface area contributed by atoms with Gasteiger partial charge in [0.15, 0.2) is 0 Å². The van der Waals surface area contributed by atoms with E-state index in [9.17, 15) is 4.21 Å². The molecular formula is C18H28N2O2S. The number of hydrogen-bond acceptors (Lipinski definition) is 3. The highest BCUT2D eigenvalue weighted by atomic mass is 32.2. The molecule has 1 spiro atoms. The predicted octanol–water partition coefficient (Wildman–Crippen LogP) is 2.50. The van der Waals surface area contributed by atoms with E-state index in [1.54, 1.807) is 7.11 Å². The molecule has 1 aliphatic heterocycles. The van der Waals surface area contributed by atoms with Crippen LogP contribution in [-0.2, 0) is 17.4 Å². The lowest BCUT2D eigenvalue weighted by Gasteiger charge is -2.42. The Balaban J connectivity index is 2.01. The SMILES string of the molecule is COc1ccc2c(c1)[C@@H](CC(C)(C)S(N)=O)C1(CCNCC1)C2. The van der Waals surface area contributed by atoms with E-state index >= 15 is 0 Å². The van der Waals surface area contributed by atoms with E-state index in [-0.39, 0.29) is 10.2 Å². The van der Waals surface area contributed by atoms with E-state index in [2.05, 4.69) is 23.5 Å². The van der Waals surface area contributed by atoms with Crippen molar-refractivity contribution >= 4 is 11.0 Å². The van der Waals surface area contributed by atoms with Gasteiger partial charge in [-0.25, -0.2) is 4.21 Å². The lowest BCUT2D eigenvalue weighted by molar-refractivity contribution is 0.158. The van der Waals surface area contributed by atoms with Crippen LogP contribution in [0.3, 0.4) is 0 Å². The first kappa shape index (κ1) is 16.9. The summed E-state index contributed by atoms with van der Waals surface area (Å²) in [6, 6.07) is 6.46. The number of fused-ring (bicyclic) bond motifs is 1. The van der Waals surface area contributed by atoms with Gasteiger partial charge in [-0.05, 0) is 87.2 Å². The topological polar surface area (TPSA) is 64.3 Å². The van der Waals surface area contributed by atoms with Gasteiger partial charge in [-0.2, -0.15) is 0 Å². The number of nitrogens with one attached hydrogen (secondary N) is 1. The molecule has 1 unspecified atom stereocenters. The lowest BCUT2D eigenvalue weighted by Crippen LogP contribution is -2.43. The minimum absolute atomic E-state index is 0.274. The van der Waals surface area contributed by atoms with E-state index in [0.717, 1.165) is 31.7 Å². The highest BCUT2D eigenvalue weighted by Gasteiger charge is 2.48. The molecule has 4 nitrogen and oxygen atoms in total. The zero-order chi connectivity index (χ0) is 16.7. The van der Waals surface area contributed by atoms with E-state index in [1.807, 2.05) is 13.8 Å². The van der Waals surface area contributed by atoms with Crippen LogP contribution in [0.2, 0.25) is 0 Å². The summed E-state index contributed by atoms with van der Waals surface area (Å²) < 4.78 is 17.1. The first-order chi connectivity index (χ1) is 10.9. The van der Waals surface area contributed by atoms with Crippen LogP contribution in [-0.4, -0.2) is 29.2 Å². The largest absolute Gasteiger partial charge is 0.497 e. The third kappa shape index (κ3) is 3.06. The quantitative estimate of drug-likeness (QED) is 0.888. The first-order valence-corrected chi connectivity index (χ1v) is 9.63. The fourth-order valence-corrected chi connectivity index (χ4v) is 4.70. The summed E-state index contributed by atoms with van der Waals surface area (Å²) in [4.78, 5) is 0. The molecule has 0 aromatic heterocycles. The highest BCUT2D eigenvalue weighted by molar-refractivity contribution is 7.84. The Morgan fingerprint density at radius 2 is 2.09 bits per heavy atom. The van der Waals surface area contributed by atoms with Crippen LogP contribution in [0.5, 0.6) is 5.75 Å². The minimum Gasteiger partial charge on any atom is -0.497 e. The molecule has 1 saturated heterocycles. The molecule has 0 saturated carbocycles. The molecule has 5 heteroatoms. The van der Waals surface area contributed by atoms with Crippen LogP contribution in [0, 0.1) is 5.41 Å². The van der Waals surface area contributed by atoms with Crippen LogP contribution in [0.25, 0.3) is 0 Å². The lowest BCUT2D eigenvalue weighted by atomic mass is 9.67. The Morgan fingerprint density at radius 3 is 2.70 bits per heavy atom. The average molecular weight is 337 g/mol. The maximum atomic E-state index is 12.0. The summed E-state index contributed by atoms with van der Waals surface area (Å²) in [5.41, 5.74) is 3.08. The predicted molar refractivity (Wildman–Crippen MR) is 95.0 cm³/mol. The molecule has 128 valence electrons. The van der Waals surface area contributed by atoms with Crippen molar-refractivity contribution in [3.05, 3.63) is 29.3 Å². The maximum Gasteiger partial charge on any atom is 0.119 e. The van der Waals surface area contributed by atoms with Crippen molar-refractivity contribution in [1.29, 1.82) is 0 Å². The van der Waals surface area contributed by atoms with Crippen LogP contribution >= 0.6 is 0 Å². The average Bonchev–Trinajstić information content (AvgIpc) is 2.80. The molecule has 1 aromatic carbocycles. The Hall–Kier alpha value is -0.910. The maximum absolute atomic E-state index is 12.0. The van der Waals surface area contributed by atoms with Gasteiger partial charge < -0.3 is 10.1 Å². The van der Waals surface area contributed by atoms with Gasteiger partial charge in [0.05, 0.1) is 22.8 Å². The number of benzene rings is 1. The van der Waals surface area contributed by atoms with Crippen molar-refractivity contribution in [1.82, 2.24) is 5.32 Å². The Bertz CT molecular complexity index is 609. The highest BCUT2D eigenvalue weighted by Crippen LogP contribution is 2.56. The molecule has 0 amide bonds. The van der Waals surface area contributed by atoms with E-state index in [1.165, 1.54) is 24.0 Å². The van der Waals surface area contributed by atoms with Crippen LogP contribution < -0.4 is 15.2 Å². The second-order valence-corrected chi connectivity index (χ2v) is 9.37. The van der Waals surface area contributed by atoms with Gasteiger partial charge in [-0.3, -0.25) is 5.14 Å². The molecular weight excluding hydrogens is 308 g/mol. The molecule has 2 aliphatic rings. The molecule has 23 heavy (non-hydrogen) atoms. The second kappa shape index (κ2) is 6.19. The molecule has 3 rings (SSSR count). The Kier molecular flexibility index (Phi) is 4.55. The fraction of sp³-hybridized carbons (Fsp3) is 0.667. The summed E-state index contributed by atoms with van der Waals surface area (Å²) in [5.74, 6) is 1.31. The van der Waals surface area contributed by atoms with Crippen molar-refractivity contribution in [2.24, 2.45) is 10.6 Å². The van der Waals surface area contributed by atoms with Crippen LogP contribution in [0.1, 0.15) is 50.2 Å². The standard InChI is InChI=1S/C18H28N2O2S/c1-17(2,23(19)21)12-16-15-10-14(22-3)5-4-13(15)11-18(16)6-8-20-9-7-18/h4-5,10,16,20H,6-9,11-12,19H2,1-3H3/t16-,23?/m1/s1. The van der Waals surface area contributed by atoms with Crippen molar-refractivity contribution in [2.75, 3.05) is 20.2 Å². The normalized spacial score (nSPS) is 24.4. The van der Waals surface area contributed by atoms with Crippen molar-refractivity contribution in [3.63, 3.8) is 0 Å². The van der Waals surface area contributed by atoms with Gasteiger partial charge in [0.25, 0.3) is 0 Å². The molecule has 1 aliphatic carbocycles. The number of hydrogen-bond donors (Lipinski definition) is 2.